The predicted octanol–water partition coefficient (Wildman–Crippen LogP) is 5.20. The lowest BCUT2D eigenvalue weighted by Gasteiger charge is -2.32. The molecule has 4 aromatic rings. The summed E-state index contributed by atoms with van der Waals surface area (Å²) < 4.78 is 23.6. The molecule has 1 aromatic carbocycles. The zero-order valence-electron chi connectivity index (χ0n) is 18.6. The largest absolute Gasteiger partial charge is 0.444 e. The van der Waals surface area contributed by atoms with Gasteiger partial charge in [0, 0.05) is 50.0 Å². The topological polar surface area (TPSA) is 64.7 Å². The number of hydrogen-bond acceptors (Lipinski definition) is 5. The molecule has 1 saturated heterocycles. The Bertz CT molecular complexity index is 1280. The number of nitrogens with zero attached hydrogens (tertiary/aromatic N) is 5. The Morgan fingerprint density at radius 1 is 1.19 bits per heavy atom. The Kier molecular flexibility index (Phi) is 4.96. The molecule has 0 bridgehead atoms. The Hall–Kier alpha value is -2.94. The van der Waals surface area contributed by atoms with E-state index in [9.17, 15) is 9.18 Å². The van der Waals surface area contributed by atoms with E-state index >= 15 is 0 Å². The van der Waals surface area contributed by atoms with Crippen molar-refractivity contribution in [2.24, 2.45) is 7.05 Å². The van der Waals surface area contributed by atoms with Gasteiger partial charge in [0.25, 0.3) is 0 Å². The third-order valence-electron chi connectivity index (χ3n) is 5.70. The summed E-state index contributed by atoms with van der Waals surface area (Å²) in [5.41, 5.74) is 1.77. The number of amides is 1. The van der Waals surface area contributed by atoms with Gasteiger partial charge in [-0.15, -0.1) is 0 Å². The fourth-order valence-corrected chi connectivity index (χ4v) is 5.14. The number of thiazole rings is 1. The fourth-order valence-electron chi connectivity index (χ4n) is 4.18. The van der Waals surface area contributed by atoms with Gasteiger partial charge in [-0.1, -0.05) is 11.3 Å². The van der Waals surface area contributed by atoms with Crippen LogP contribution in [0.5, 0.6) is 0 Å². The second kappa shape index (κ2) is 7.58. The number of benzene rings is 1. The normalized spacial score (nSPS) is 15.7. The second-order valence-electron chi connectivity index (χ2n) is 9.39. The molecule has 0 aliphatic carbocycles. The van der Waals surface area contributed by atoms with Crippen LogP contribution in [0.4, 0.5) is 9.18 Å². The van der Waals surface area contributed by atoms with Gasteiger partial charge in [-0.05, 0) is 51.3 Å². The Balaban J connectivity index is 1.31. The number of piperidine rings is 1. The van der Waals surface area contributed by atoms with Crippen LogP contribution < -0.4 is 0 Å². The summed E-state index contributed by atoms with van der Waals surface area (Å²) in [5.74, 6) is -0.00463. The van der Waals surface area contributed by atoms with Crippen LogP contribution >= 0.6 is 11.3 Å². The van der Waals surface area contributed by atoms with Crippen LogP contribution in [-0.2, 0) is 11.8 Å². The van der Waals surface area contributed by atoms with Crippen molar-refractivity contribution in [2.75, 3.05) is 13.1 Å². The van der Waals surface area contributed by atoms with Crippen LogP contribution in [0.15, 0.2) is 30.7 Å². The van der Waals surface area contributed by atoms with Gasteiger partial charge >= 0.3 is 6.09 Å². The third kappa shape index (κ3) is 3.97. The van der Waals surface area contributed by atoms with Gasteiger partial charge in [0.2, 0.25) is 0 Å². The molecule has 9 heteroatoms. The summed E-state index contributed by atoms with van der Waals surface area (Å²) in [6, 6.07) is 3.50. The van der Waals surface area contributed by atoms with Crippen LogP contribution in [0.3, 0.4) is 0 Å². The van der Waals surface area contributed by atoms with Gasteiger partial charge in [0.1, 0.15) is 11.1 Å². The molecular formula is C23H26FN5O2S. The molecule has 1 aliphatic rings. The first-order chi connectivity index (χ1) is 15.2. The van der Waals surface area contributed by atoms with Crippen LogP contribution in [0, 0.1) is 5.82 Å². The summed E-state index contributed by atoms with van der Waals surface area (Å²) in [6.45, 7) is 6.98. The smallest absolute Gasteiger partial charge is 0.410 e. The monoisotopic (exact) mass is 455 g/mol. The molecule has 0 saturated carbocycles. The van der Waals surface area contributed by atoms with E-state index in [0.717, 1.165) is 39.3 Å². The molecule has 0 atom stereocenters. The van der Waals surface area contributed by atoms with Crippen molar-refractivity contribution in [3.05, 3.63) is 42.2 Å². The van der Waals surface area contributed by atoms with Gasteiger partial charge in [-0.3, -0.25) is 9.08 Å². The van der Waals surface area contributed by atoms with Gasteiger partial charge in [0.05, 0.1) is 10.6 Å². The van der Waals surface area contributed by atoms with Gasteiger partial charge in [0.15, 0.2) is 10.8 Å². The summed E-state index contributed by atoms with van der Waals surface area (Å²) in [6.07, 6.45) is 7.36. The summed E-state index contributed by atoms with van der Waals surface area (Å²) in [5, 5.41) is 4.96. The SMILES string of the molecule is Cn1cc2cc(-c3cn4cc(C5CCN(C(=O)OC(C)(C)C)CC5)nc4s3)cc(F)c2n1. The molecule has 32 heavy (non-hydrogen) atoms. The van der Waals surface area contributed by atoms with Crippen LogP contribution in [0.1, 0.15) is 45.2 Å². The van der Waals surface area contributed by atoms with Crippen LogP contribution in [-0.4, -0.2) is 48.8 Å². The molecule has 0 unspecified atom stereocenters. The van der Waals surface area contributed by atoms with E-state index in [-0.39, 0.29) is 11.9 Å². The molecule has 168 valence electrons. The fraction of sp³-hybridized carbons (Fsp3) is 0.435. The number of carbonyl (C=O) groups is 1. The van der Waals surface area contributed by atoms with Crippen molar-refractivity contribution in [1.82, 2.24) is 24.1 Å². The van der Waals surface area contributed by atoms with E-state index in [4.69, 9.17) is 9.72 Å². The van der Waals surface area contributed by atoms with E-state index in [0.29, 0.717) is 24.5 Å². The lowest BCUT2D eigenvalue weighted by atomic mass is 9.94. The molecule has 1 aliphatic heterocycles. The number of aryl methyl sites for hydroxylation is 1. The second-order valence-corrected chi connectivity index (χ2v) is 10.4. The maximum Gasteiger partial charge on any atom is 0.410 e. The number of carbonyl (C=O) groups excluding carboxylic acids is 1. The average Bonchev–Trinajstić information content (AvgIpc) is 3.39. The molecule has 7 nitrogen and oxygen atoms in total. The molecule has 1 fully saturated rings. The predicted molar refractivity (Wildman–Crippen MR) is 123 cm³/mol. The van der Waals surface area contributed by atoms with Crippen molar-refractivity contribution in [2.45, 2.75) is 45.1 Å². The number of fused-ring (bicyclic) bond motifs is 2. The maximum atomic E-state index is 14.5. The molecular weight excluding hydrogens is 429 g/mol. The van der Waals surface area contributed by atoms with Crippen LogP contribution in [0.2, 0.25) is 0 Å². The van der Waals surface area contributed by atoms with Gasteiger partial charge in [-0.2, -0.15) is 5.10 Å². The lowest BCUT2D eigenvalue weighted by Crippen LogP contribution is -2.41. The first-order valence-corrected chi connectivity index (χ1v) is 11.6. The number of aromatic nitrogens is 4. The minimum Gasteiger partial charge on any atom is -0.444 e. The first-order valence-electron chi connectivity index (χ1n) is 10.8. The highest BCUT2D eigenvalue weighted by Crippen LogP contribution is 2.34. The first kappa shape index (κ1) is 20.9. The molecule has 0 radical (unpaired) electrons. The minimum atomic E-state index is -0.482. The highest BCUT2D eigenvalue weighted by molar-refractivity contribution is 7.20. The maximum absolute atomic E-state index is 14.5. The molecule has 0 N–H and O–H groups in total. The number of likely N-dealkylation sites (tertiary alicyclic amines) is 1. The summed E-state index contributed by atoms with van der Waals surface area (Å²) in [4.78, 5) is 20.8. The van der Waals surface area contributed by atoms with Crippen molar-refractivity contribution in [3.8, 4) is 10.4 Å². The van der Waals surface area contributed by atoms with E-state index in [1.807, 2.05) is 43.6 Å². The Labute approximate surface area is 189 Å². The van der Waals surface area contributed by atoms with E-state index < -0.39 is 5.60 Å². The van der Waals surface area contributed by atoms with E-state index in [1.165, 1.54) is 6.07 Å². The van der Waals surface area contributed by atoms with Crippen molar-refractivity contribution >= 4 is 33.3 Å². The third-order valence-corrected chi connectivity index (χ3v) is 6.75. The lowest BCUT2D eigenvalue weighted by molar-refractivity contribution is 0.0204. The number of ether oxygens (including phenoxy) is 1. The van der Waals surface area contributed by atoms with Crippen molar-refractivity contribution < 1.29 is 13.9 Å². The standard InChI is InChI=1S/C23H26FN5O2S/c1-23(2,3)31-22(30)28-7-5-14(6-8-28)18-12-29-13-19(32-21(29)25-18)15-9-16-11-27(4)26-20(16)17(24)10-15/h9-14H,5-8H2,1-4H3. The molecule has 3 aromatic heterocycles. The zero-order chi connectivity index (χ0) is 22.6. The Morgan fingerprint density at radius 2 is 1.94 bits per heavy atom. The average molecular weight is 456 g/mol. The van der Waals surface area contributed by atoms with Gasteiger partial charge < -0.3 is 9.64 Å². The van der Waals surface area contributed by atoms with E-state index in [2.05, 4.69) is 11.3 Å². The number of halogens is 1. The summed E-state index contributed by atoms with van der Waals surface area (Å²) in [7, 11) is 1.79. The van der Waals surface area contributed by atoms with Gasteiger partial charge in [-0.25, -0.2) is 14.2 Å². The quantitative estimate of drug-likeness (QED) is 0.417. The number of imidazole rings is 1. The molecule has 1 amide bonds. The number of rotatable bonds is 2. The minimum absolute atomic E-state index is 0.246. The van der Waals surface area contributed by atoms with E-state index in [1.54, 1.807) is 28.0 Å². The highest BCUT2D eigenvalue weighted by atomic mass is 32.1. The molecule has 0 spiro atoms. The van der Waals surface area contributed by atoms with Crippen molar-refractivity contribution in [1.29, 1.82) is 0 Å². The van der Waals surface area contributed by atoms with Crippen molar-refractivity contribution in [3.63, 3.8) is 0 Å². The number of hydrogen-bond donors (Lipinski definition) is 0. The highest BCUT2D eigenvalue weighted by Gasteiger charge is 2.28. The zero-order valence-corrected chi connectivity index (χ0v) is 19.4. The Morgan fingerprint density at radius 3 is 2.62 bits per heavy atom. The summed E-state index contributed by atoms with van der Waals surface area (Å²) >= 11 is 1.54. The molecule has 5 rings (SSSR count). The molecule has 4 heterocycles. The van der Waals surface area contributed by atoms with Crippen LogP contribution in [0.25, 0.3) is 26.3 Å².